The number of amides is 1. The second-order valence-corrected chi connectivity index (χ2v) is 3.78. The monoisotopic (exact) mass is 245 g/mol. The Morgan fingerprint density at radius 2 is 1.31 bits per heavy atom. The lowest BCUT2D eigenvalue weighted by molar-refractivity contribution is -0.274. The molecule has 0 aliphatic carbocycles. The highest BCUT2D eigenvalue weighted by Crippen LogP contribution is 2.37. The molecule has 0 N–H and O–H groups in total. The van der Waals surface area contributed by atoms with Crippen LogP contribution in [0.4, 0.5) is 22.0 Å². The molecule has 0 saturated carbocycles. The van der Waals surface area contributed by atoms with Crippen LogP contribution in [0, 0.1) is 0 Å². The molecule has 94 valence electrons. The van der Waals surface area contributed by atoms with E-state index in [4.69, 9.17) is 0 Å². The van der Waals surface area contributed by atoms with Crippen molar-refractivity contribution >= 4 is 5.91 Å². The molecule has 0 unspecified atom stereocenters. The Balaban J connectivity index is 2.75. The van der Waals surface area contributed by atoms with E-state index in [-0.39, 0.29) is 13.1 Å². The third-order valence-corrected chi connectivity index (χ3v) is 2.52. The first-order valence-corrected chi connectivity index (χ1v) is 5.01. The molecule has 0 atom stereocenters. The van der Waals surface area contributed by atoms with E-state index in [0.717, 1.165) is 12.8 Å². The number of carbonyl (C=O) groups is 1. The number of halogens is 5. The fraction of sp³-hybridized carbons (Fsp3) is 0.889. The number of carbonyl (C=O) groups excluding carboxylic acids is 1. The third-order valence-electron chi connectivity index (χ3n) is 2.52. The van der Waals surface area contributed by atoms with Crippen LogP contribution in [0.15, 0.2) is 0 Å². The Bertz CT molecular complexity index is 255. The molecule has 7 heteroatoms. The lowest BCUT2D eigenvalue weighted by atomic mass is 10.2. The quantitative estimate of drug-likeness (QED) is 0.650. The van der Waals surface area contributed by atoms with Gasteiger partial charge in [-0.05, 0) is 12.8 Å². The molecule has 0 spiro atoms. The summed E-state index contributed by atoms with van der Waals surface area (Å²) in [6.45, 7) is -0.0466. The SMILES string of the molecule is O=C(N1CCCCCC1)C(F)(F)C(F)(F)F. The fourth-order valence-electron chi connectivity index (χ4n) is 1.59. The van der Waals surface area contributed by atoms with Crippen molar-refractivity contribution in [3.63, 3.8) is 0 Å². The minimum atomic E-state index is -5.81. The molecular weight excluding hydrogens is 233 g/mol. The molecule has 0 aromatic carbocycles. The predicted octanol–water partition coefficient (Wildman–Crippen LogP) is 2.59. The van der Waals surface area contributed by atoms with Crippen LogP contribution in [-0.2, 0) is 4.79 Å². The van der Waals surface area contributed by atoms with E-state index in [1.165, 1.54) is 0 Å². The average Bonchev–Trinajstić information content (AvgIpc) is 2.42. The van der Waals surface area contributed by atoms with Crippen molar-refractivity contribution in [3.05, 3.63) is 0 Å². The van der Waals surface area contributed by atoms with Gasteiger partial charge < -0.3 is 4.90 Å². The number of hydrogen-bond acceptors (Lipinski definition) is 1. The van der Waals surface area contributed by atoms with Gasteiger partial charge in [-0.25, -0.2) is 0 Å². The van der Waals surface area contributed by atoms with Gasteiger partial charge in [-0.1, -0.05) is 12.8 Å². The molecule has 1 amide bonds. The minimum absolute atomic E-state index is 0.0233. The first-order valence-electron chi connectivity index (χ1n) is 5.01. The summed E-state index contributed by atoms with van der Waals surface area (Å²) in [5.41, 5.74) is 0. The van der Waals surface area contributed by atoms with Crippen molar-refractivity contribution in [1.29, 1.82) is 0 Å². The second kappa shape index (κ2) is 4.55. The minimum Gasteiger partial charge on any atom is -0.337 e. The zero-order valence-corrected chi connectivity index (χ0v) is 8.49. The Morgan fingerprint density at radius 3 is 1.69 bits per heavy atom. The molecule has 1 aliphatic heterocycles. The van der Waals surface area contributed by atoms with Crippen molar-refractivity contribution in [3.8, 4) is 0 Å². The molecule has 1 rings (SSSR count). The highest BCUT2D eigenvalue weighted by molar-refractivity contribution is 5.84. The lowest BCUT2D eigenvalue weighted by Gasteiger charge is -2.26. The van der Waals surface area contributed by atoms with Crippen LogP contribution in [-0.4, -0.2) is 36.0 Å². The van der Waals surface area contributed by atoms with Crippen LogP contribution < -0.4 is 0 Å². The van der Waals surface area contributed by atoms with Crippen LogP contribution in [0.5, 0.6) is 0 Å². The first kappa shape index (κ1) is 13.2. The van der Waals surface area contributed by atoms with Crippen molar-refractivity contribution < 1.29 is 26.7 Å². The van der Waals surface area contributed by atoms with Gasteiger partial charge in [0.15, 0.2) is 0 Å². The predicted molar refractivity (Wildman–Crippen MR) is 46.1 cm³/mol. The molecule has 1 saturated heterocycles. The van der Waals surface area contributed by atoms with Gasteiger partial charge in [0.25, 0.3) is 0 Å². The largest absolute Gasteiger partial charge is 0.463 e. The smallest absolute Gasteiger partial charge is 0.337 e. The third kappa shape index (κ3) is 2.62. The van der Waals surface area contributed by atoms with E-state index >= 15 is 0 Å². The van der Waals surface area contributed by atoms with Crippen LogP contribution in [0.2, 0.25) is 0 Å². The normalized spacial score (nSPS) is 19.4. The summed E-state index contributed by atoms with van der Waals surface area (Å²) < 4.78 is 61.3. The van der Waals surface area contributed by atoms with Crippen molar-refractivity contribution in [2.24, 2.45) is 0 Å². The molecule has 0 aromatic heterocycles. The zero-order valence-electron chi connectivity index (χ0n) is 8.49. The van der Waals surface area contributed by atoms with Gasteiger partial charge in [0.2, 0.25) is 0 Å². The number of likely N-dealkylation sites (tertiary alicyclic amines) is 1. The summed E-state index contributed by atoms with van der Waals surface area (Å²) in [7, 11) is 0. The van der Waals surface area contributed by atoms with Crippen LogP contribution in [0.1, 0.15) is 25.7 Å². The molecule has 1 fully saturated rings. The lowest BCUT2D eigenvalue weighted by Crippen LogP contribution is -2.52. The maximum Gasteiger partial charge on any atom is 0.463 e. The molecule has 1 heterocycles. The summed E-state index contributed by atoms with van der Waals surface area (Å²) in [4.78, 5) is 11.7. The molecule has 2 nitrogen and oxygen atoms in total. The van der Waals surface area contributed by atoms with Gasteiger partial charge in [0.1, 0.15) is 0 Å². The standard InChI is InChI=1S/C9H12F5NO/c10-8(11,9(12,13)14)7(16)15-5-3-1-2-4-6-15/h1-6H2. The summed E-state index contributed by atoms with van der Waals surface area (Å²) in [6, 6.07) is 0. The molecule has 0 aromatic rings. The number of rotatable bonds is 1. The van der Waals surface area contributed by atoms with Gasteiger partial charge in [-0.15, -0.1) is 0 Å². The highest BCUT2D eigenvalue weighted by Gasteiger charge is 2.64. The summed E-state index contributed by atoms with van der Waals surface area (Å²) >= 11 is 0. The van der Waals surface area contributed by atoms with Crippen molar-refractivity contribution in [2.75, 3.05) is 13.1 Å². The zero-order chi connectivity index (χ0) is 12.4. The molecule has 16 heavy (non-hydrogen) atoms. The highest BCUT2D eigenvalue weighted by atomic mass is 19.4. The van der Waals surface area contributed by atoms with E-state index in [1.807, 2.05) is 0 Å². The number of alkyl halides is 5. The summed E-state index contributed by atoms with van der Waals surface area (Å²) in [5.74, 6) is -7.39. The fourth-order valence-corrected chi connectivity index (χ4v) is 1.59. The average molecular weight is 245 g/mol. The van der Waals surface area contributed by atoms with E-state index in [2.05, 4.69) is 0 Å². The Hall–Kier alpha value is -0.880. The number of nitrogens with zero attached hydrogens (tertiary/aromatic N) is 1. The summed E-state index contributed by atoms with van der Waals surface area (Å²) in [6.07, 6.45) is -3.36. The van der Waals surface area contributed by atoms with Gasteiger partial charge >= 0.3 is 18.0 Å². The maximum absolute atomic E-state index is 12.7. The van der Waals surface area contributed by atoms with Gasteiger partial charge in [-0.3, -0.25) is 4.79 Å². The molecular formula is C9H12F5NO. The summed E-state index contributed by atoms with van der Waals surface area (Å²) in [5, 5.41) is 0. The van der Waals surface area contributed by atoms with Gasteiger partial charge in [-0.2, -0.15) is 22.0 Å². The second-order valence-electron chi connectivity index (χ2n) is 3.78. The van der Waals surface area contributed by atoms with Crippen LogP contribution in [0.3, 0.4) is 0 Å². The topological polar surface area (TPSA) is 20.3 Å². The molecule has 0 bridgehead atoms. The first-order chi connectivity index (χ1) is 7.27. The van der Waals surface area contributed by atoms with Gasteiger partial charge in [0, 0.05) is 13.1 Å². The van der Waals surface area contributed by atoms with E-state index in [1.54, 1.807) is 0 Å². The van der Waals surface area contributed by atoms with E-state index in [0.29, 0.717) is 17.7 Å². The van der Waals surface area contributed by atoms with Gasteiger partial charge in [0.05, 0.1) is 0 Å². The maximum atomic E-state index is 12.7. The van der Waals surface area contributed by atoms with Crippen LogP contribution in [0.25, 0.3) is 0 Å². The molecule has 0 radical (unpaired) electrons. The van der Waals surface area contributed by atoms with E-state index < -0.39 is 18.0 Å². The Kier molecular flexibility index (Phi) is 3.75. The van der Waals surface area contributed by atoms with E-state index in [9.17, 15) is 26.7 Å². The Morgan fingerprint density at radius 1 is 0.875 bits per heavy atom. The van der Waals surface area contributed by atoms with Crippen molar-refractivity contribution in [2.45, 2.75) is 37.8 Å². The number of hydrogen-bond donors (Lipinski definition) is 0. The molecule has 1 aliphatic rings. The van der Waals surface area contributed by atoms with Crippen LogP contribution >= 0.6 is 0 Å². The van der Waals surface area contributed by atoms with Crippen molar-refractivity contribution in [1.82, 2.24) is 4.90 Å². The Labute approximate surface area is 89.4 Å².